The van der Waals surface area contributed by atoms with E-state index in [-0.39, 0.29) is 11.4 Å². The SMILES string of the molecule is CCN1CCN(c2ccccc2NS(=O)(=O)Cc2ccc([N+](=O)[O-])cc2)CC1. The molecule has 0 bridgehead atoms. The fraction of sp³-hybridized carbons (Fsp3) is 0.368. The highest BCUT2D eigenvalue weighted by Crippen LogP contribution is 2.28. The highest BCUT2D eigenvalue weighted by atomic mass is 32.2. The van der Waals surface area contributed by atoms with Gasteiger partial charge in [-0.05, 0) is 24.2 Å². The topological polar surface area (TPSA) is 95.8 Å². The number of piperazine rings is 1. The average Bonchev–Trinajstić information content (AvgIpc) is 2.68. The van der Waals surface area contributed by atoms with Crippen LogP contribution in [0.5, 0.6) is 0 Å². The van der Waals surface area contributed by atoms with Crippen molar-refractivity contribution in [3.05, 3.63) is 64.2 Å². The fourth-order valence-electron chi connectivity index (χ4n) is 3.28. The van der Waals surface area contributed by atoms with Crippen LogP contribution in [-0.2, 0) is 15.8 Å². The minimum Gasteiger partial charge on any atom is -0.367 e. The van der Waals surface area contributed by atoms with Gasteiger partial charge in [-0.2, -0.15) is 0 Å². The van der Waals surface area contributed by atoms with Gasteiger partial charge in [0.05, 0.1) is 22.1 Å². The molecule has 0 radical (unpaired) electrons. The summed E-state index contributed by atoms with van der Waals surface area (Å²) in [6, 6.07) is 12.9. The van der Waals surface area contributed by atoms with Crippen molar-refractivity contribution in [2.45, 2.75) is 12.7 Å². The van der Waals surface area contributed by atoms with E-state index in [1.807, 2.05) is 12.1 Å². The van der Waals surface area contributed by atoms with Crippen molar-refractivity contribution in [2.24, 2.45) is 0 Å². The molecule has 8 nitrogen and oxygen atoms in total. The molecule has 9 heteroatoms. The van der Waals surface area contributed by atoms with Crippen molar-refractivity contribution >= 4 is 27.1 Å². The lowest BCUT2D eigenvalue weighted by Gasteiger charge is -2.36. The van der Waals surface area contributed by atoms with Crippen molar-refractivity contribution in [3.63, 3.8) is 0 Å². The second-order valence-corrected chi connectivity index (χ2v) is 8.45. The predicted molar refractivity (Wildman–Crippen MR) is 110 cm³/mol. The largest absolute Gasteiger partial charge is 0.367 e. The number of likely N-dealkylation sites (N-methyl/N-ethyl adjacent to an activating group) is 1. The van der Waals surface area contributed by atoms with E-state index in [2.05, 4.69) is 21.4 Å². The summed E-state index contributed by atoms with van der Waals surface area (Å²) < 4.78 is 28.0. The summed E-state index contributed by atoms with van der Waals surface area (Å²) in [5, 5.41) is 10.7. The van der Waals surface area contributed by atoms with E-state index in [0.717, 1.165) is 38.4 Å². The lowest BCUT2D eigenvalue weighted by atomic mass is 10.2. The van der Waals surface area contributed by atoms with Gasteiger partial charge >= 0.3 is 0 Å². The number of benzene rings is 2. The molecule has 0 aromatic heterocycles. The summed E-state index contributed by atoms with van der Waals surface area (Å²) in [6.07, 6.45) is 0. The van der Waals surface area contributed by atoms with Gasteiger partial charge in [-0.25, -0.2) is 8.42 Å². The first-order valence-corrected chi connectivity index (χ1v) is 10.8. The third-order valence-corrected chi connectivity index (χ3v) is 6.08. The van der Waals surface area contributed by atoms with Crippen molar-refractivity contribution < 1.29 is 13.3 Å². The molecule has 1 heterocycles. The Morgan fingerprint density at radius 1 is 1.04 bits per heavy atom. The maximum absolute atomic E-state index is 12.6. The van der Waals surface area contributed by atoms with E-state index in [4.69, 9.17) is 0 Å². The Kier molecular flexibility index (Phi) is 6.15. The maximum atomic E-state index is 12.6. The van der Waals surface area contributed by atoms with Crippen molar-refractivity contribution in [1.82, 2.24) is 4.90 Å². The summed E-state index contributed by atoms with van der Waals surface area (Å²) in [5.41, 5.74) is 1.85. The van der Waals surface area contributed by atoms with Crippen LogP contribution in [0.25, 0.3) is 0 Å². The standard InChI is InChI=1S/C19H24N4O4S/c1-2-21-11-13-22(14-12-21)19-6-4-3-5-18(19)20-28(26,27)15-16-7-9-17(10-8-16)23(24)25/h3-10,20H,2,11-15H2,1H3. The van der Waals surface area contributed by atoms with Crippen LogP contribution in [0, 0.1) is 10.1 Å². The molecular formula is C19H24N4O4S. The first-order chi connectivity index (χ1) is 13.4. The molecule has 1 aliphatic rings. The lowest BCUT2D eigenvalue weighted by molar-refractivity contribution is -0.384. The van der Waals surface area contributed by atoms with Crippen LogP contribution in [0.4, 0.5) is 17.1 Å². The molecule has 0 aliphatic carbocycles. The van der Waals surface area contributed by atoms with Crippen molar-refractivity contribution in [1.29, 1.82) is 0 Å². The summed E-state index contributed by atoms with van der Waals surface area (Å²) >= 11 is 0. The molecule has 0 amide bonds. The molecule has 1 N–H and O–H groups in total. The van der Waals surface area contributed by atoms with E-state index in [0.29, 0.717) is 11.3 Å². The second kappa shape index (κ2) is 8.57. The third kappa shape index (κ3) is 4.99. The van der Waals surface area contributed by atoms with E-state index in [1.54, 1.807) is 12.1 Å². The Bertz CT molecular complexity index is 923. The number of nitro groups is 1. The summed E-state index contributed by atoms with van der Waals surface area (Å²) in [4.78, 5) is 14.8. The number of sulfonamides is 1. The van der Waals surface area contributed by atoms with Crippen LogP contribution in [0.3, 0.4) is 0 Å². The first-order valence-electron chi connectivity index (χ1n) is 9.18. The van der Waals surface area contributed by atoms with Crippen LogP contribution in [-0.4, -0.2) is 51.0 Å². The number of para-hydroxylation sites is 2. The molecule has 0 spiro atoms. The number of hydrogen-bond acceptors (Lipinski definition) is 6. The van der Waals surface area contributed by atoms with Gasteiger partial charge in [-0.1, -0.05) is 31.2 Å². The molecule has 1 saturated heterocycles. The Morgan fingerprint density at radius 3 is 2.29 bits per heavy atom. The molecule has 150 valence electrons. The quantitative estimate of drug-likeness (QED) is 0.563. The number of nitro benzene ring substituents is 1. The molecule has 2 aromatic rings. The monoisotopic (exact) mass is 404 g/mol. The zero-order valence-electron chi connectivity index (χ0n) is 15.7. The molecule has 1 aliphatic heterocycles. The van der Waals surface area contributed by atoms with E-state index >= 15 is 0 Å². The molecule has 2 aromatic carbocycles. The lowest BCUT2D eigenvalue weighted by Crippen LogP contribution is -2.46. The number of non-ortho nitro benzene ring substituents is 1. The summed E-state index contributed by atoms with van der Waals surface area (Å²) in [6.45, 7) is 6.72. The van der Waals surface area contributed by atoms with Gasteiger partial charge < -0.3 is 9.80 Å². The van der Waals surface area contributed by atoms with Crippen molar-refractivity contribution in [3.8, 4) is 0 Å². The zero-order valence-corrected chi connectivity index (χ0v) is 16.6. The van der Waals surface area contributed by atoms with Gasteiger partial charge in [0.1, 0.15) is 0 Å². The number of rotatable bonds is 7. The van der Waals surface area contributed by atoms with Crippen LogP contribution in [0.15, 0.2) is 48.5 Å². The molecular weight excluding hydrogens is 380 g/mol. The average molecular weight is 404 g/mol. The number of hydrogen-bond donors (Lipinski definition) is 1. The minimum atomic E-state index is -3.65. The second-order valence-electron chi connectivity index (χ2n) is 6.72. The van der Waals surface area contributed by atoms with Gasteiger partial charge in [-0.15, -0.1) is 0 Å². The van der Waals surface area contributed by atoms with E-state index < -0.39 is 14.9 Å². The Hall–Kier alpha value is -2.65. The van der Waals surface area contributed by atoms with Gasteiger partial charge in [0.2, 0.25) is 10.0 Å². The van der Waals surface area contributed by atoms with Gasteiger partial charge in [-0.3, -0.25) is 14.8 Å². The fourth-order valence-corrected chi connectivity index (χ4v) is 4.49. The molecule has 0 unspecified atom stereocenters. The van der Waals surface area contributed by atoms with Gasteiger partial charge in [0.15, 0.2) is 0 Å². The van der Waals surface area contributed by atoms with Gasteiger partial charge in [0, 0.05) is 38.3 Å². The molecule has 28 heavy (non-hydrogen) atoms. The van der Waals surface area contributed by atoms with Crippen LogP contribution < -0.4 is 9.62 Å². The molecule has 1 fully saturated rings. The van der Waals surface area contributed by atoms with Crippen LogP contribution >= 0.6 is 0 Å². The number of anilines is 2. The smallest absolute Gasteiger partial charge is 0.269 e. The molecule has 3 rings (SSSR count). The normalized spacial score (nSPS) is 15.4. The first kappa shape index (κ1) is 20.1. The van der Waals surface area contributed by atoms with Crippen LogP contribution in [0.2, 0.25) is 0 Å². The number of nitrogens with zero attached hydrogens (tertiary/aromatic N) is 3. The minimum absolute atomic E-state index is 0.0642. The van der Waals surface area contributed by atoms with Crippen molar-refractivity contribution in [2.75, 3.05) is 42.3 Å². The van der Waals surface area contributed by atoms with Crippen LogP contribution in [0.1, 0.15) is 12.5 Å². The number of nitrogens with one attached hydrogen (secondary N) is 1. The Morgan fingerprint density at radius 2 is 1.68 bits per heavy atom. The molecule has 0 saturated carbocycles. The molecule has 0 atom stereocenters. The van der Waals surface area contributed by atoms with E-state index in [1.165, 1.54) is 24.3 Å². The highest BCUT2D eigenvalue weighted by molar-refractivity contribution is 7.91. The Labute approximate surface area is 165 Å². The Balaban J connectivity index is 1.73. The summed E-state index contributed by atoms with van der Waals surface area (Å²) in [7, 11) is -3.65. The third-order valence-electron chi connectivity index (χ3n) is 4.83. The zero-order chi connectivity index (χ0) is 20.1. The highest BCUT2D eigenvalue weighted by Gasteiger charge is 2.20. The summed E-state index contributed by atoms with van der Waals surface area (Å²) in [5.74, 6) is -0.247. The predicted octanol–water partition coefficient (Wildman–Crippen LogP) is 2.68. The van der Waals surface area contributed by atoms with Gasteiger partial charge in [0.25, 0.3) is 5.69 Å². The maximum Gasteiger partial charge on any atom is 0.269 e. The van der Waals surface area contributed by atoms with E-state index in [9.17, 15) is 18.5 Å².